The van der Waals surface area contributed by atoms with E-state index in [9.17, 15) is 0 Å². The molecule has 0 radical (unpaired) electrons. The van der Waals surface area contributed by atoms with Gasteiger partial charge in [-0.2, -0.15) is 0 Å². The van der Waals surface area contributed by atoms with Gasteiger partial charge in [0.1, 0.15) is 18.2 Å². The van der Waals surface area contributed by atoms with Gasteiger partial charge in [0.15, 0.2) is 5.82 Å². The molecule has 0 aromatic carbocycles. The number of ether oxygens (including phenoxy) is 1. The van der Waals surface area contributed by atoms with E-state index < -0.39 is 0 Å². The standard InChI is InChI=1S/C12H23N5O/c1-4-18-9-12-15-10(13)8-11(16-12)14-6-5-7-17(2)3/h8H,4-7,9H2,1-3H3,(H3,13,14,15,16). The van der Waals surface area contributed by atoms with Crippen LogP contribution < -0.4 is 11.1 Å². The lowest BCUT2D eigenvalue weighted by molar-refractivity contribution is 0.128. The van der Waals surface area contributed by atoms with Gasteiger partial charge in [-0.3, -0.25) is 0 Å². The van der Waals surface area contributed by atoms with E-state index >= 15 is 0 Å². The summed E-state index contributed by atoms with van der Waals surface area (Å²) in [4.78, 5) is 10.6. The Morgan fingerprint density at radius 1 is 1.39 bits per heavy atom. The fourth-order valence-corrected chi connectivity index (χ4v) is 1.48. The number of rotatable bonds is 8. The molecule has 0 aliphatic rings. The molecule has 1 rings (SSSR count). The Balaban J connectivity index is 2.46. The lowest BCUT2D eigenvalue weighted by Crippen LogP contribution is -2.17. The second kappa shape index (κ2) is 7.84. The van der Waals surface area contributed by atoms with Gasteiger partial charge in [0.05, 0.1) is 0 Å². The highest BCUT2D eigenvalue weighted by molar-refractivity contribution is 5.44. The minimum atomic E-state index is 0.397. The van der Waals surface area contributed by atoms with Gasteiger partial charge in [-0.25, -0.2) is 9.97 Å². The Morgan fingerprint density at radius 2 is 2.17 bits per heavy atom. The second-order valence-corrected chi connectivity index (χ2v) is 4.32. The maximum Gasteiger partial charge on any atom is 0.158 e. The van der Waals surface area contributed by atoms with Crippen LogP contribution in [0.1, 0.15) is 19.2 Å². The van der Waals surface area contributed by atoms with Crippen LogP contribution in [0.2, 0.25) is 0 Å². The van der Waals surface area contributed by atoms with Crippen molar-refractivity contribution in [2.24, 2.45) is 0 Å². The molecule has 0 spiro atoms. The smallest absolute Gasteiger partial charge is 0.158 e. The van der Waals surface area contributed by atoms with Gasteiger partial charge in [0, 0.05) is 19.2 Å². The summed E-state index contributed by atoms with van der Waals surface area (Å²) in [5, 5.41) is 3.24. The quantitative estimate of drug-likeness (QED) is 0.672. The van der Waals surface area contributed by atoms with E-state index in [1.165, 1.54) is 0 Å². The summed E-state index contributed by atoms with van der Waals surface area (Å²) in [6, 6.07) is 1.74. The van der Waals surface area contributed by atoms with Crippen LogP contribution in [0.15, 0.2) is 6.07 Å². The predicted octanol–water partition coefficient (Wildman–Crippen LogP) is 0.959. The van der Waals surface area contributed by atoms with E-state index in [0.29, 0.717) is 24.9 Å². The highest BCUT2D eigenvalue weighted by atomic mass is 16.5. The largest absolute Gasteiger partial charge is 0.384 e. The first-order chi connectivity index (χ1) is 8.61. The predicted molar refractivity (Wildman–Crippen MR) is 73.4 cm³/mol. The summed E-state index contributed by atoms with van der Waals surface area (Å²) in [6.07, 6.45) is 1.05. The van der Waals surface area contributed by atoms with Gasteiger partial charge in [-0.1, -0.05) is 0 Å². The molecular weight excluding hydrogens is 230 g/mol. The number of nitrogens with two attached hydrogens (primary N) is 1. The number of anilines is 2. The molecule has 1 aromatic heterocycles. The van der Waals surface area contributed by atoms with Crippen LogP contribution in [0, 0.1) is 0 Å². The maximum atomic E-state index is 5.73. The molecule has 0 bridgehead atoms. The third-order valence-electron chi connectivity index (χ3n) is 2.32. The van der Waals surface area contributed by atoms with Crippen molar-refractivity contribution in [3.63, 3.8) is 0 Å². The average Bonchev–Trinajstić information content (AvgIpc) is 2.31. The van der Waals surface area contributed by atoms with Crippen molar-refractivity contribution in [2.75, 3.05) is 44.8 Å². The van der Waals surface area contributed by atoms with Crippen molar-refractivity contribution in [1.82, 2.24) is 14.9 Å². The van der Waals surface area contributed by atoms with Crippen molar-refractivity contribution in [3.05, 3.63) is 11.9 Å². The molecule has 0 saturated heterocycles. The molecule has 1 heterocycles. The van der Waals surface area contributed by atoms with Crippen molar-refractivity contribution in [3.8, 4) is 0 Å². The average molecular weight is 253 g/mol. The third kappa shape index (κ3) is 5.79. The number of aromatic nitrogens is 2. The maximum absolute atomic E-state index is 5.73. The van der Waals surface area contributed by atoms with Crippen LogP contribution in [0.4, 0.5) is 11.6 Å². The van der Waals surface area contributed by atoms with Crippen LogP contribution in [0.3, 0.4) is 0 Å². The van der Waals surface area contributed by atoms with Crippen LogP contribution >= 0.6 is 0 Å². The number of hydrogen-bond donors (Lipinski definition) is 2. The minimum absolute atomic E-state index is 0.397. The first-order valence-corrected chi connectivity index (χ1v) is 6.21. The first-order valence-electron chi connectivity index (χ1n) is 6.21. The zero-order valence-electron chi connectivity index (χ0n) is 11.4. The molecule has 0 aliphatic heterocycles. The highest BCUT2D eigenvalue weighted by Gasteiger charge is 2.02. The molecule has 0 aliphatic carbocycles. The van der Waals surface area contributed by atoms with Gasteiger partial charge in [0.25, 0.3) is 0 Å². The van der Waals surface area contributed by atoms with E-state index in [4.69, 9.17) is 10.5 Å². The van der Waals surface area contributed by atoms with E-state index in [0.717, 1.165) is 25.3 Å². The molecular formula is C12H23N5O. The summed E-state index contributed by atoms with van der Waals surface area (Å²) in [7, 11) is 4.12. The highest BCUT2D eigenvalue weighted by Crippen LogP contribution is 2.09. The molecule has 6 heteroatoms. The molecule has 0 unspecified atom stereocenters. The molecule has 18 heavy (non-hydrogen) atoms. The monoisotopic (exact) mass is 253 g/mol. The van der Waals surface area contributed by atoms with Crippen LogP contribution in [0.25, 0.3) is 0 Å². The number of nitrogens with zero attached hydrogens (tertiary/aromatic N) is 3. The lowest BCUT2D eigenvalue weighted by atomic mass is 10.4. The van der Waals surface area contributed by atoms with Crippen molar-refractivity contribution in [2.45, 2.75) is 20.0 Å². The molecule has 3 N–H and O–H groups in total. The number of nitrogen functional groups attached to an aromatic ring is 1. The Bertz CT molecular complexity index is 356. The topological polar surface area (TPSA) is 76.3 Å². The fourth-order valence-electron chi connectivity index (χ4n) is 1.48. The Morgan fingerprint density at radius 3 is 2.83 bits per heavy atom. The Labute approximate surface area is 109 Å². The SMILES string of the molecule is CCOCc1nc(N)cc(NCCCN(C)C)n1. The summed E-state index contributed by atoms with van der Waals surface area (Å²) >= 11 is 0. The molecule has 0 fully saturated rings. The number of nitrogens with one attached hydrogen (secondary N) is 1. The summed E-state index contributed by atoms with van der Waals surface area (Å²) in [5.41, 5.74) is 5.73. The van der Waals surface area contributed by atoms with Gasteiger partial charge in [-0.05, 0) is 34.0 Å². The zero-order chi connectivity index (χ0) is 13.4. The van der Waals surface area contributed by atoms with E-state index in [1.807, 2.05) is 6.92 Å². The van der Waals surface area contributed by atoms with Crippen LogP contribution in [0.5, 0.6) is 0 Å². The Kier molecular flexibility index (Phi) is 6.38. The van der Waals surface area contributed by atoms with Crippen LogP contribution in [-0.2, 0) is 11.3 Å². The normalized spacial score (nSPS) is 10.9. The molecule has 6 nitrogen and oxygen atoms in total. The molecule has 1 aromatic rings. The van der Waals surface area contributed by atoms with Crippen LogP contribution in [-0.4, -0.2) is 48.7 Å². The Hall–Kier alpha value is -1.40. The van der Waals surface area contributed by atoms with Crippen molar-refractivity contribution in [1.29, 1.82) is 0 Å². The van der Waals surface area contributed by atoms with Gasteiger partial charge in [0.2, 0.25) is 0 Å². The molecule has 102 valence electrons. The third-order valence-corrected chi connectivity index (χ3v) is 2.32. The van der Waals surface area contributed by atoms with E-state index in [-0.39, 0.29) is 0 Å². The summed E-state index contributed by atoms with van der Waals surface area (Å²) in [6.45, 7) is 4.88. The van der Waals surface area contributed by atoms with E-state index in [2.05, 4.69) is 34.3 Å². The molecule has 0 atom stereocenters. The van der Waals surface area contributed by atoms with Crippen molar-refractivity contribution >= 4 is 11.6 Å². The number of hydrogen-bond acceptors (Lipinski definition) is 6. The van der Waals surface area contributed by atoms with E-state index in [1.54, 1.807) is 6.07 Å². The van der Waals surface area contributed by atoms with Gasteiger partial charge in [-0.15, -0.1) is 0 Å². The zero-order valence-corrected chi connectivity index (χ0v) is 11.4. The summed E-state index contributed by atoms with van der Waals surface area (Å²) in [5.74, 6) is 1.85. The second-order valence-electron chi connectivity index (χ2n) is 4.32. The fraction of sp³-hybridized carbons (Fsp3) is 0.667. The summed E-state index contributed by atoms with van der Waals surface area (Å²) < 4.78 is 5.27. The molecule has 0 amide bonds. The minimum Gasteiger partial charge on any atom is -0.384 e. The molecule has 0 saturated carbocycles. The van der Waals surface area contributed by atoms with Crippen molar-refractivity contribution < 1.29 is 4.74 Å². The first kappa shape index (κ1) is 14.7. The van der Waals surface area contributed by atoms with Gasteiger partial charge < -0.3 is 20.7 Å². The van der Waals surface area contributed by atoms with Gasteiger partial charge >= 0.3 is 0 Å². The lowest BCUT2D eigenvalue weighted by Gasteiger charge is -2.11.